The fraction of sp³-hybridized carbons (Fsp3) is 0.294. The average molecular weight is 1020 g/mol. The summed E-state index contributed by atoms with van der Waals surface area (Å²) in [6.07, 6.45) is 0. The molecule has 8 nitrogen and oxygen atoms in total. The van der Waals surface area contributed by atoms with E-state index in [1.165, 1.54) is 89.0 Å². The summed E-state index contributed by atoms with van der Waals surface area (Å²) in [5, 5.41) is 0. The first-order valence-corrected chi connectivity index (χ1v) is 26.7. The number of hydrogen-bond donors (Lipinski definition) is 0. The zero-order valence-electron chi connectivity index (χ0n) is 45.5. The Morgan fingerprint density at radius 1 is 0.289 bits per heavy atom. The quantitative estimate of drug-likeness (QED) is 0.0622. The molecule has 0 spiro atoms. The highest BCUT2D eigenvalue weighted by Gasteiger charge is 2.48. The topological polar surface area (TPSA) is 73.8 Å². The van der Waals surface area contributed by atoms with Crippen LogP contribution in [0.4, 0.5) is 0 Å². The SMILES string of the molecule is CCOCCOc1ccc(C2(c3ccc(OCCOCC)cc3)c3cc(C)ccc3-c3ccc(C)cc32)cc1.COCCOc1ccc(C2(c3ccc(OCCOC)cc3)c3cc(C)ccc3-c3ccc(C)cc32)cc1. The van der Waals surface area contributed by atoms with Crippen LogP contribution in [0.2, 0.25) is 0 Å². The molecule has 0 saturated heterocycles. The first kappa shape index (κ1) is 53.6. The van der Waals surface area contributed by atoms with Gasteiger partial charge in [-0.05, 0) is 157 Å². The van der Waals surface area contributed by atoms with Crippen molar-refractivity contribution in [3.05, 3.63) is 237 Å². The van der Waals surface area contributed by atoms with Gasteiger partial charge in [0.15, 0.2) is 0 Å². The van der Waals surface area contributed by atoms with Crippen LogP contribution in [0.3, 0.4) is 0 Å². The van der Waals surface area contributed by atoms with Gasteiger partial charge in [0.2, 0.25) is 0 Å². The Kier molecular flexibility index (Phi) is 17.4. The van der Waals surface area contributed by atoms with E-state index in [2.05, 4.69) is 198 Å². The molecule has 8 heteroatoms. The van der Waals surface area contributed by atoms with Crippen molar-refractivity contribution in [1.29, 1.82) is 0 Å². The highest BCUT2D eigenvalue weighted by atomic mass is 16.5. The maximum atomic E-state index is 5.96. The summed E-state index contributed by atoms with van der Waals surface area (Å²) in [4.78, 5) is 0. The molecule has 0 bridgehead atoms. The van der Waals surface area contributed by atoms with Crippen molar-refractivity contribution in [3.8, 4) is 45.3 Å². The van der Waals surface area contributed by atoms with Crippen molar-refractivity contribution in [2.24, 2.45) is 0 Å². The number of rotatable bonds is 22. The monoisotopic (exact) mass is 1020 g/mol. The minimum absolute atomic E-state index is 0.459. The van der Waals surface area contributed by atoms with Gasteiger partial charge in [-0.2, -0.15) is 0 Å². The molecule has 0 aliphatic heterocycles. The molecule has 8 aromatic carbocycles. The average Bonchev–Trinajstić information content (AvgIpc) is 3.89. The molecule has 0 heterocycles. The summed E-state index contributed by atoms with van der Waals surface area (Å²) in [6, 6.07) is 61.6. The highest BCUT2D eigenvalue weighted by molar-refractivity contribution is 5.88. The zero-order valence-corrected chi connectivity index (χ0v) is 45.5. The van der Waals surface area contributed by atoms with Gasteiger partial charge in [0, 0.05) is 27.4 Å². The fourth-order valence-corrected chi connectivity index (χ4v) is 11.1. The van der Waals surface area contributed by atoms with E-state index in [-0.39, 0.29) is 0 Å². The van der Waals surface area contributed by atoms with Gasteiger partial charge >= 0.3 is 0 Å². The Morgan fingerprint density at radius 3 is 0.750 bits per heavy atom. The van der Waals surface area contributed by atoms with E-state index in [0.29, 0.717) is 66.1 Å². The first-order chi connectivity index (χ1) is 37.1. The maximum Gasteiger partial charge on any atom is 0.119 e. The molecule has 10 rings (SSSR count). The smallest absolute Gasteiger partial charge is 0.119 e. The van der Waals surface area contributed by atoms with Crippen molar-refractivity contribution >= 4 is 0 Å². The van der Waals surface area contributed by atoms with Gasteiger partial charge in [-0.15, -0.1) is 0 Å². The molecule has 8 aromatic rings. The number of ether oxygens (including phenoxy) is 8. The van der Waals surface area contributed by atoms with Crippen LogP contribution in [-0.4, -0.2) is 80.3 Å². The molecular formula is C68H72O8. The lowest BCUT2D eigenvalue weighted by molar-refractivity contribution is 0.110. The summed E-state index contributed by atoms with van der Waals surface area (Å²) in [5.74, 6) is 3.37. The summed E-state index contributed by atoms with van der Waals surface area (Å²) in [6.45, 7) is 18.5. The number of methoxy groups -OCH3 is 2. The van der Waals surface area contributed by atoms with Crippen LogP contribution in [0, 0.1) is 27.7 Å². The molecule has 0 fully saturated rings. The van der Waals surface area contributed by atoms with Crippen LogP contribution in [0.25, 0.3) is 22.3 Å². The molecule has 0 aromatic heterocycles. The van der Waals surface area contributed by atoms with E-state index in [0.717, 1.165) is 23.0 Å². The Balaban J connectivity index is 0.000000186. The molecule has 0 N–H and O–H groups in total. The van der Waals surface area contributed by atoms with E-state index in [1.807, 2.05) is 13.8 Å². The maximum absolute atomic E-state index is 5.96. The number of fused-ring (bicyclic) bond motifs is 6. The molecule has 0 unspecified atom stereocenters. The fourth-order valence-electron chi connectivity index (χ4n) is 11.1. The summed E-state index contributed by atoms with van der Waals surface area (Å²) >= 11 is 0. The number of benzene rings is 8. The van der Waals surface area contributed by atoms with Crippen LogP contribution in [0.1, 0.15) is 80.6 Å². The van der Waals surface area contributed by atoms with E-state index in [4.69, 9.17) is 37.9 Å². The molecule has 392 valence electrons. The van der Waals surface area contributed by atoms with Gasteiger partial charge < -0.3 is 37.9 Å². The predicted octanol–water partition coefficient (Wildman–Crippen LogP) is 14.2. The third-order valence-electron chi connectivity index (χ3n) is 14.6. The molecule has 76 heavy (non-hydrogen) atoms. The second-order valence-electron chi connectivity index (χ2n) is 19.6. The van der Waals surface area contributed by atoms with Crippen LogP contribution < -0.4 is 18.9 Å². The van der Waals surface area contributed by atoms with E-state index in [9.17, 15) is 0 Å². The van der Waals surface area contributed by atoms with E-state index >= 15 is 0 Å². The molecular weight excluding hydrogens is 945 g/mol. The third kappa shape index (κ3) is 10.9. The Morgan fingerprint density at radius 2 is 0.526 bits per heavy atom. The number of hydrogen-bond acceptors (Lipinski definition) is 8. The van der Waals surface area contributed by atoms with Crippen LogP contribution in [-0.2, 0) is 29.8 Å². The molecule has 2 aliphatic rings. The summed E-state index contributed by atoms with van der Waals surface area (Å²) in [5.41, 5.74) is 19.2. The lowest BCUT2D eigenvalue weighted by Crippen LogP contribution is -2.28. The van der Waals surface area contributed by atoms with Gasteiger partial charge in [-0.1, -0.05) is 144 Å². The minimum atomic E-state index is -0.462. The third-order valence-corrected chi connectivity index (χ3v) is 14.6. The van der Waals surface area contributed by atoms with Crippen LogP contribution in [0.5, 0.6) is 23.0 Å². The normalized spacial score (nSPS) is 13.2. The van der Waals surface area contributed by atoms with Gasteiger partial charge in [-0.25, -0.2) is 0 Å². The lowest BCUT2D eigenvalue weighted by Gasteiger charge is -2.34. The minimum Gasteiger partial charge on any atom is -0.491 e. The van der Waals surface area contributed by atoms with Gasteiger partial charge in [-0.3, -0.25) is 0 Å². The van der Waals surface area contributed by atoms with Crippen LogP contribution >= 0.6 is 0 Å². The molecule has 0 saturated carbocycles. The largest absolute Gasteiger partial charge is 0.491 e. The molecule has 2 aliphatic carbocycles. The lowest BCUT2D eigenvalue weighted by atomic mass is 9.67. The Bertz CT molecular complexity index is 2960. The van der Waals surface area contributed by atoms with Crippen molar-refractivity contribution in [2.75, 3.05) is 80.3 Å². The first-order valence-electron chi connectivity index (χ1n) is 26.7. The van der Waals surface area contributed by atoms with Crippen LogP contribution in [0.15, 0.2) is 170 Å². The summed E-state index contributed by atoms with van der Waals surface area (Å²) < 4.78 is 44.9. The van der Waals surface area contributed by atoms with E-state index < -0.39 is 10.8 Å². The Hall–Kier alpha value is -7.20. The highest BCUT2D eigenvalue weighted by Crippen LogP contribution is 2.58. The molecule has 0 radical (unpaired) electrons. The van der Waals surface area contributed by atoms with Gasteiger partial charge in [0.1, 0.15) is 49.4 Å². The second kappa shape index (κ2) is 24.6. The Labute approximate surface area is 450 Å². The van der Waals surface area contributed by atoms with Crippen molar-refractivity contribution in [3.63, 3.8) is 0 Å². The van der Waals surface area contributed by atoms with Crippen molar-refractivity contribution < 1.29 is 37.9 Å². The van der Waals surface area contributed by atoms with Crippen molar-refractivity contribution in [1.82, 2.24) is 0 Å². The molecule has 0 amide bonds. The molecule has 0 atom stereocenters. The van der Waals surface area contributed by atoms with Crippen molar-refractivity contribution in [2.45, 2.75) is 52.4 Å². The number of aryl methyl sites for hydroxylation is 4. The van der Waals surface area contributed by atoms with E-state index in [1.54, 1.807) is 14.2 Å². The zero-order chi connectivity index (χ0) is 53.1. The van der Waals surface area contributed by atoms with Gasteiger partial charge in [0.05, 0.1) is 37.3 Å². The van der Waals surface area contributed by atoms with Gasteiger partial charge in [0.25, 0.3) is 0 Å². The standard InChI is InChI=1S/C35H38O4.C33H34O4/c1-5-36-19-21-38-29-13-9-27(10-14-29)35(28-11-15-30(16-12-28)39-22-20-37-6-2)33-23-25(3)7-17-31(33)32-18-8-26(4)24-34(32)35;1-23-5-15-29-30-16-6-24(2)22-32(30)33(31(29)21-23,25-7-11-27(12-8-25)36-19-17-34-3)26-9-13-28(14-10-26)37-20-18-35-4/h7-18,23-24H,5-6,19-22H2,1-4H3;5-16,21-22H,17-20H2,1-4H3. The predicted molar refractivity (Wildman–Crippen MR) is 305 cm³/mol. The summed E-state index contributed by atoms with van der Waals surface area (Å²) in [7, 11) is 3.37. The second-order valence-corrected chi connectivity index (χ2v) is 19.6.